The standard InChI is InChI=1S/C12H15N3O2/c1-8-3-4-9(7-10(8)13)12-14-11(15-17-12)5-6-16-2/h3-4,7H,5-6,13H2,1-2H3. The van der Waals surface area contributed by atoms with Crippen LogP contribution >= 0.6 is 0 Å². The van der Waals surface area contributed by atoms with E-state index in [-0.39, 0.29) is 0 Å². The summed E-state index contributed by atoms with van der Waals surface area (Å²) in [6.07, 6.45) is 0.640. The highest BCUT2D eigenvalue weighted by atomic mass is 16.5. The molecular weight excluding hydrogens is 218 g/mol. The van der Waals surface area contributed by atoms with Crippen LogP contribution < -0.4 is 5.73 Å². The van der Waals surface area contributed by atoms with Gasteiger partial charge in [-0.1, -0.05) is 11.2 Å². The molecule has 0 bridgehead atoms. The van der Waals surface area contributed by atoms with E-state index < -0.39 is 0 Å². The van der Waals surface area contributed by atoms with Gasteiger partial charge in [-0.05, 0) is 24.6 Å². The van der Waals surface area contributed by atoms with Crippen molar-refractivity contribution in [1.82, 2.24) is 10.1 Å². The fraction of sp³-hybridized carbons (Fsp3) is 0.333. The van der Waals surface area contributed by atoms with Crippen molar-refractivity contribution >= 4 is 5.69 Å². The maximum Gasteiger partial charge on any atom is 0.257 e. The summed E-state index contributed by atoms with van der Waals surface area (Å²) in [5.74, 6) is 1.13. The molecule has 0 fully saturated rings. The zero-order valence-electron chi connectivity index (χ0n) is 9.93. The second-order valence-electron chi connectivity index (χ2n) is 3.83. The van der Waals surface area contributed by atoms with Crippen LogP contribution in [0.15, 0.2) is 22.7 Å². The van der Waals surface area contributed by atoms with E-state index in [2.05, 4.69) is 10.1 Å². The van der Waals surface area contributed by atoms with E-state index >= 15 is 0 Å². The van der Waals surface area contributed by atoms with E-state index in [0.717, 1.165) is 16.8 Å². The number of aryl methyl sites for hydroxylation is 1. The largest absolute Gasteiger partial charge is 0.398 e. The van der Waals surface area contributed by atoms with Crippen molar-refractivity contribution in [3.8, 4) is 11.5 Å². The van der Waals surface area contributed by atoms with Crippen molar-refractivity contribution in [2.75, 3.05) is 19.5 Å². The van der Waals surface area contributed by atoms with Crippen molar-refractivity contribution in [1.29, 1.82) is 0 Å². The summed E-state index contributed by atoms with van der Waals surface area (Å²) in [7, 11) is 1.64. The molecule has 0 saturated carbocycles. The highest BCUT2D eigenvalue weighted by molar-refractivity contribution is 5.62. The molecule has 0 unspecified atom stereocenters. The summed E-state index contributed by atoms with van der Waals surface area (Å²) in [5, 5.41) is 3.88. The van der Waals surface area contributed by atoms with Gasteiger partial charge in [-0.25, -0.2) is 0 Å². The van der Waals surface area contributed by atoms with Gasteiger partial charge in [-0.3, -0.25) is 0 Å². The molecule has 1 aromatic carbocycles. The Bertz CT molecular complexity index is 508. The second kappa shape index (κ2) is 4.97. The minimum atomic E-state index is 0.489. The fourth-order valence-corrected chi connectivity index (χ4v) is 1.44. The van der Waals surface area contributed by atoms with E-state index in [1.165, 1.54) is 0 Å². The van der Waals surface area contributed by atoms with E-state index in [9.17, 15) is 0 Å². The monoisotopic (exact) mass is 233 g/mol. The molecule has 2 rings (SSSR count). The van der Waals surface area contributed by atoms with Crippen LogP contribution in [0.4, 0.5) is 5.69 Å². The molecule has 5 nitrogen and oxygen atoms in total. The van der Waals surface area contributed by atoms with Gasteiger partial charge in [-0.2, -0.15) is 4.98 Å². The number of hydrogen-bond acceptors (Lipinski definition) is 5. The number of nitrogens with two attached hydrogens (primary N) is 1. The Balaban J connectivity index is 2.21. The number of benzene rings is 1. The molecule has 0 aliphatic rings. The Kier molecular flexibility index (Phi) is 3.39. The van der Waals surface area contributed by atoms with Crippen molar-refractivity contribution in [3.05, 3.63) is 29.6 Å². The molecule has 2 aromatic rings. The summed E-state index contributed by atoms with van der Waals surface area (Å²) in [5.41, 5.74) is 8.43. The van der Waals surface area contributed by atoms with Gasteiger partial charge in [0.2, 0.25) is 0 Å². The number of methoxy groups -OCH3 is 1. The van der Waals surface area contributed by atoms with Crippen molar-refractivity contribution in [2.24, 2.45) is 0 Å². The van der Waals surface area contributed by atoms with Crippen LogP contribution in [0.1, 0.15) is 11.4 Å². The second-order valence-corrected chi connectivity index (χ2v) is 3.83. The van der Waals surface area contributed by atoms with E-state index in [1.54, 1.807) is 7.11 Å². The first kappa shape index (κ1) is 11.6. The van der Waals surface area contributed by atoms with E-state index in [4.69, 9.17) is 15.0 Å². The maximum atomic E-state index is 5.84. The number of nitrogen functional groups attached to an aromatic ring is 1. The number of anilines is 1. The maximum absolute atomic E-state index is 5.84. The summed E-state index contributed by atoms with van der Waals surface area (Å²) < 4.78 is 10.1. The average Bonchev–Trinajstić information content (AvgIpc) is 2.79. The molecule has 0 saturated heterocycles. The van der Waals surface area contributed by atoms with E-state index in [1.807, 2.05) is 25.1 Å². The summed E-state index contributed by atoms with van der Waals surface area (Å²) >= 11 is 0. The Hall–Kier alpha value is -1.88. The molecule has 17 heavy (non-hydrogen) atoms. The number of aromatic nitrogens is 2. The molecule has 1 aromatic heterocycles. The lowest BCUT2D eigenvalue weighted by Gasteiger charge is -2.00. The van der Waals surface area contributed by atoms with E-state index in [0.29, 0.717) is 24.7 Å². The lowest BCUT2D eigenvalue weighted by atomic mass is 10.1. The summed E-state index contributed by atoms with van der Waals surface area (Å²) in [4.78, 5) is 4.28. The van der Waals surface area contributed by atoms with Crippen molar-refractivity contribution in [3.63, 3.8) is 0 Å². The third-order valence-corrected chi connectivity index (χ3v) is 2.52. The van der Waals surface area contributed by atoms with Gasteiger partial charge in [0.05, 0.1) is 6.61 Å². The highest BCUT2D eigenvalue weighted by Gasteiger charge is 2.09. The average molecular weight is 233 g/mol. The van der Waals surface area contributed by atoms with Gasteiger partial charge in [0, 0.05) is 24.8 Å². The Morgan fingerprint density at radius 3 is 2.94 bits per heavy atom. The third kappa shape index (κ3) is 2.62. The zero-order chi connectivity index (χ0) is 12.3. The molecule has 0 amide bonds. The van der Waals surface area contributed by atoms with Gasteiger partial charge in [0.15, 0.2) is 5.82 Å². The van der Waals surface area contributed by atoms with Gasteiger partial charge in [-0.15, -0.1) is 0 Å². The molecule has 0 radical (unpaired) electrons. The molecule has 0 spiro atoms. The van der Waals surface area contributed by atoms with Gasteiger partial charge in [0.1, 0.15) is 0 Å². The minimum absolute atomic E-state index is 0.489. The van der Waals surface area contributed by atoms with Crippen LogP contribution in [-0.4, -0.2) is 23.9 Å². The Labute approximate surface area is 99.6 Å². The fourth-order valence-electron chi connectivity index (χ4n) is 1.44. The molecule has 0 aliphatic heterocycles. The SMILES string of the molecule is COCCc1noc(-c2ccc(C)c(N)c2)n1. The predicted molar refractivity (Wildman–Crippen MR) is 64.5 cm³/mol. The van der Waals surface area contributed by atoms with Crippen molar-refractivity contribution < 1.29 is 9.26 Å². The summed E-state index contributed by atoms with van der Waals surface area (Å²) in [6.45, 7) is 2.53. The van der Waals surface area contributed by atoms with Gasteiger partial charge in [0.25, 0.3) is 5.89 Å². The predicted octanol–water partition coefficient (Wildman–Crippen LogP) is 1.82. The molecule has 2 N–H and O–H groups in total. The van der Waals surface area contributed by atoms with Gasteiger partial charge >= 0.3 is 0 Å². The topological polar surface area (TPSA) is 74.2 Å². The zero-order valence-corrected chi connectivity index (χ0v) is 9.93. The first-order valence-corrected chi connectivity index (χ1v) is 5.38. The molecule has 1 heterocycles. The first-order chi connectivity index (χ1) is 8.20. The lowest BCUT2D eigenvalue weighted by molar-refractivity contribution is 0.199. The summed E-state index contributed by atoms with van der Waals surface area (Å²) in [6, 6.07) is 5.69. The molecule has 0 atom stereocenters. The minimum Gasteiger partial charge on any atom is -0.398 e. The quantitative estimate of drug-likeness (QED) is 0.815. The van der Waals surface area contributed by atoms with Crippen LogP contribution in [0.25, 0.3) is 11.5 Å². The normalized spacial score (nSPS) is 10.7. The van der Waals surface area contributed by atoms with Crippen LogP contribution in [0.5, 0.6) is 0 Å². The number of hydrogen-bond donors (Lipinski definition) is 1. The number of rotatable bonds is 4. The van der Waals surface area contributed by atoms with Crippen LogP contribution in [0.3, 0.4) is 0 Å². The molecular formula is C12H15N3O2. The van der Waals surface area contributed by atoms with Crippen LogP contribution in [-0.2, 0) is 11.2 Å². The van der Waals surface area contributed by atoms with Crippen LogP contribution in [0, 0.1) is 6.92 Å². The Morgan fingerprint density at radius 2 is 2.24 bits per heavy atom. The number of nitrogens with zero attached hydrogens (tertiary/aromatic N) is 2. The lowest BCUT2D eigenvalue weighted by Crippen LogP contribution is -1.96. The first-order valence-electron chi connectivity index (χ1n) is 5.38. The Morgan fingerprint density at radius 1 is 1.41 bits per heavy atom. The highest BCUT2D eigenvalue weighted by Crippen LogP contribution is 2.22. The van der Waals surface area contributed by atoms with Crippen molar-refractivity contribution in [2.45, 2.75) is 13.3 Å². The smallest absolute Gasteiger partial charge is 0.257 e. The molecule has 0 aliphatic carbocycles. The van der Waals surface area contributed by atoms with Crippen LogP contribution in [0.2, 0.25) is 0 Å². The number of ether oxygens (including phenoxy) is 1. The van der Waals surface area contributed by atoms with Gasteiger partial charge < -0.3 is 15.0 Å². The third-order valence-electron chi connectivity index (χ3n) is 2.52. The molecule has 90 valence electrons. The molecule has 5 heteroatoms.